The fourth-order valence-corrected chi connectivity index (χ4v) is 5.73. The number of nitrogens with two attached hydrogens (primary N) is 1. The van der Waals surface area contributed by atoms with Gasteiger partial charge < -0.3 is 20.1 Å². The molecule has 5 rings (SSSR count). The molecule has 9 heteroatoms. The van der Waals surface area contributed by atoms with Crippen molar-refractivity contribution in [3.63, 3.8) is 0 Å². The highest BCUT2D eigenvalue weighted by Gasteiger charge is 2.38. The van der Waals surface area contributed by atoms with Gasteiger partial charge >= 0.3 is 0 Å². The number of aromatic nitrogens is 3. The molecule has 1 saturated heterocycles. The van der Waals surface area contributed by atoms with Crippen molar-refractivity contribution in [2.24, 2.45) is 5.92 Å². The van der Waals surface area contributed by atoms with Crippen LogP contribution in [0, 0.1) is 12.8 Å². The van der Waals surface area contributed by atoms with Crippen LogP contribution in [0.25, 0.3) is 11.0 Å². The van der Waals surface area contributed by atoms with E-state index in [2.05, 4.69) is 9.97 Å². The molecule has 33 heavy (non-hydrogen) atoms. The molecule has 8 nitrogen and oxygen atoms in total. The quantitative estimate of drug-likeness (QED) is 0.551. The van der Waals surface area contributed by atoms with Crippen LogP contribution in [-0.4, -0.2) is 44.5 Å². The van der Waals surface area contributed by atoms with E-state index in [4.69, 9.17) is 20.1 Å². The Balaban J connectivity index is 1.22. The number of fused-ring (bicyclic) bond motifs is 1. The molecule has 2 aliphatic rings. The minimum Gasteiger partial charge on any atom is -0.493 e. The number of hydrogen-bond donors (Lipinski definition) is 1. The Morgan fingerprint density at radius 2 is 1.94 bits per heavy atom. The smallest absolute Gasteiger partial charge is 0.219 e. The van der Waals surface area contributed by atoms with E-state index in [-0.39, 0.29) is 17.5 Å². The van der Waals surface area contributed by atoms with Gasteiger partial charge in [-0.2, -0.15) is 0 Å². The van der Waals surface area contributed by atoms with Crippen LogP contribution >= 0.6 is 0 Å². The summed E-state index contributed by atoms with van der Waals surface area (Å²) in [6.07, 6.45) is 7.26. The van der Waals surface area contributed by atoms with Crippen molar-refractivity contribution in [2.45, 2.75) is 55.7 Å². The van der Waals surface area contributed by atoms with E-state index >= 15 is 0 Å². The Morgan fingerprint density at radius 1 is 1.18 bits per heavy atom. The molecule has 1 aliphatic carbocycles. The van der Waals surface area contributed by atoms with Crippen molar-refractivity contribution in [1.29, 1.82) is 0 Å². The zero-order valence-electron chi connectivity index (χ0n) is 18.9. The van der Waals surface area contributed by atoms with Crippen LogP contribution in [0.1, 0.15) is 43.4 Å². The number of rotatable bonds is 6. The molecule has 1 spiro atoms. The van der Waals surface area contributed by atoms with Crippen LogP contribution in [0.15, 0.2) is 41.7 Å². The second-order valence-electron chi connectivity index (χ2n) is 8.89. The van der Waals surface area contributed by atoms with Crippen molar-refractivity contribution in [3.05, 3.63) is 47.8 Å². The lowest BCUT2D eigenvalue weighted by Crippen LogP contribution is -2.46. The van der Waals surface area contributed by atoms with Crippen molar-refractivity contribution in [2.75, 3.05) is 25.7 Å². The first-order valence-electron chi connectivity index (χ1n) is 11.5. The predicted molar refractivity (Wildman–Crippen MR) is 126 cm³/mol. The minimum atomic E-state index is -1.44. The maximum absolute atomic E-state index is 13.1. The van der Waals surface area contributed by atoms with E-state index < -0.39 is 10.8 Å². The van der Waals surface area contributed by atoms with Gasteiger partial charge in [0.2, 0.25) is 5.16 Å². The highest BCUT2D eigenvalue weighted by atomic mass is 32.2. The van der Waals surface area contributed by atoms with Gasteiger partial charge in [-0.15, -0.1) is 0 Å². The Morgan fingerprint density at radius 3 is 2.70 bits per heavy atom. The molecule has 2 N–H and O–H groups in total. The number of pyridine rings is 1. The maximum Gasteiger partial charge on any atom is 0.219 e. The largest absolute Gasteiger partial charge is 0.493 e. The third-order valence-electron chi connectivity index (χ3n) is 6.55. The molecule has 2 aromatic heterocycles. The highest BCUT2D eigenvalue weighted by molar-refractivity contribution is 7.84. The summed E-state index contributed by atoms with van der Waals surface area (Å²) in [5, 5.41) is 0.330. The van der Waals surface area contributed by atoms with Crippen LogP contribution < -0.4 is 10.6 Å². The number of ether oxygens (including phenoxy) is 3. The van der Waals surface area contributed by atoms with Gasteiger partial charge in [0, 0.05) is 30.5 Å². The minimum absolute atomic E-state index is 0.180. The van der Waals surface area contributed by atoms with Crippen molar-refractivity contribution < 1.29 is 18.4 Å². The van der Waals surface area contributed by atoms with Crippen molar-refractivity contribution in [1.82, 2.24) is 14.6 Å². The Hall–Kier alpha value is -2.49. The van der Waals surface area contributed by atoms with Crippen LogP contribution in [0.4, 0.5) is 0 Å². The zero-order valence-corrected chi connectivity index (χ0v) is 19.7. The standard InChI is InChI=1S/C24H30N4O4S/c1-17-20(16-33(29)23-27-19-7-3-4-8-21(19)28(23)25)26-12-9-22(17)30-13-18-14-31-24(32-15-18)10-5-2-6-11-24/h3-4,7-9,12,18H,2,5-6,10-11,13-16,25H2,1H3. The topological polar surface area (TPSA) is 101 Å². The molecule has 1 saturated carbocycles. The fraction of sp³-hybridized carbons (Fsp3) is 0.500. The van der Waals surface area contributed by atoms with E-state index in [9.17, 15) is 4.21 Å². The number of para-hydroxylation sites is 2. The van der Waals surface area contributed by atoms with E-state index in [1.54, 1.807) is 6.20 Å². The molecule has 1 atom stereocenters. The van der Waals surface area contributed by atoms with E-state index in [0.717, 1.165) is 35.2 Å². The Bertz CT molecular complexity index is 1150. The molecule has 3 heterocycles. The number of nitrogen functional groups attached to an aromatic ring is 1. The molecule has 0 amide bonds. The average molecular weight is 471 g/mol. The fourth-order valence-electron chi connectivity index (χ4n) is 4.54. The molecular weight excluding hydrogens is 440 g/mol. The molecule has 0 radical (unpaired) electrons. The summed E-state index contributed by atoms with van der Waals surface area (Å²) < 4.78 is 32.8. The van der Waals surface area contributed by atoms with Crippen molar-refractivity contribution in [3.8, 4) is 5.75 Å². The zero-order chi connectivity index (χ0) is 22.8. The lowest BCUT2D eigenvalue weighted by molar-refractivity contribution is -0.296. The highest BCUT2D eigenvalue weighted by Crippen LogP contribution is 2.36. The molecule has 2 fully saturated rings. The van der Waals surface area contributed by atoms with E-state index in [1.165, 1.54) is 23.9 Å². The molecule has 176 valence electrons. The van der Waals surface area contributed by atoms with Crippen LogP contribution in [0.2, 0.25) is 0 Å². The summed E-state index contributed by atoms with van der Waals surface area (Å²) in [5.41, 5.74) is 3.04. The molecule has 1 aliphatic heterocycles. The second kappa shape index (κ2) is 9.40. The monoisotopic (exact) mass is 470 g/mol. The van der Waals surface area contributed by atoms with Gasteiger partial charge in [0.1, 0.15) is 5.75 Å². The third-order valence-corrected chi connectivity index (χ3v) is 7.78. The molecule has 0 bridgehead atoms. The summed E-state index contributed by atoms with van der Waals surface area (Å²) in [6, 6.07) is 9.31. The number of benzene rings is 1. The summed E-state index contributed by atoms with van der Waals surface area (Å²) in [6.45, 7) is 3.73. The van der Waals surface area contributed by atoms with Gasteiger partial charge in [-0.1, -0.05) is 18.6 Å². The van der Waals surface area contributed by atoms with Crippen LogP contribution in [0.5, 0.6) is 5.75 Å². The SMILES string of the molecule is Cc1c(OCC2COC3(CCCCC3)OC2)ccnc1CS(=O)c1nc2ccccc2n1N. The third kappa shape index (κ3) is 4.62. The number of imidazole rings is 1. The lowest BCUT2D eigenvalue weighted by Gasteiger charge is -2.42. The maximum atomic E-state index is 13.1. The van der Waals surface area contributed by atoms with Gasteiger partial charge in [-0.05, 0) is 38.0 Å². The first kappa shape index (κ1) is 22.3. The van der Waals surface area contributed by atoms with Gasteiger partial charge in [0.25, 0.3) is 0 Å². The van der Waals surface area contributed by atoms with E-state index in [1.807, 2.05) is 37.3 Å². The van der Waals surface area contributed by atoms with Gasteiger partial charge in [0.15, 0.2) is 5.79 Å². The number of hydrogen-bond acceptors (Lipinski definition) is 7. The predicted octanol–water partition coefficient (Wildman–Crippen LogP) is 3.46. The molecular formula is C24H30N4O4S. The molecule has 3 aromatic rings. The summed E-state index contributed by atoms with van der Waals surface area (Å²) in [5.74, 6) is 6.90. The first-order valence-corrected chi connectivity index (χ1v) is 12.8. The summed E-state index contributed by atoms with van der Waals surface area (Å²) in [7, 11) is -1.44. The average Bonchev–Trinajstić information content (AvgIpc) is 3.18. The number of nitrogens with zero attached hydrogens (tertiary/aromatic N) is 3. The van der Waals surface area contributed by atoms with Gasteiger partial charge in [-0.25, -0.2) is 9.66 Å². The summed E-state index contributed by atoms with van der Waals surface area (Å²) in [4.78, 5) is 8.88. The van der Waals surface area contributed by atoms with Gasteiger partial charge in [0.05, 0.1) is 53.1 Å². The molecule has 1 unspecified atom stereocenters. The Kier molecular flexibility index (Phi) is 6.36. The molecule has 1 aromatic carbocycles. The lowest BCUT2D eigenvalue weighted by atomic mass is 9.93. The Labute approximate surface area is 195 Å². The van der Waals surface area contributed by atoms with E-state index in [0.29, 0.717) is 30.7 Å². The van der Waals surface area contributed by atoms with Gasteiger partial charge in [-0.3, -0.25) is 9.19 Å². The second-order valence-corrected chi connectivity index (χ2v) is 10.2. The summed E-state index contributed by atoms with van der Waals surface area (Å²) >= 11 is 0. The first-order chi connectivity index (χ1) is 16.0. The van der Waals surface area contributed by atoms with Crippen molar-refractivity contribution >= 4 is 21.8 Å². The normalized spacial score (nSPS) is 19.7. The van der Waals surface area contributed by atoms with Crippen LogP contribution in [0.3, 0.4) is 0 Å². The van der Waals surface area contributed by atoms with Crippen LogP contribution in [-0.2, 0) is 26.0 Å².